The van der Waals surface area contributed by atoms with Crippen molar-refractivity contribution < 1.29 is 31.9 Å². The number of H-pyrrole nitrogens is 1. The number of allylic oxidation sites excluding steroid dienone is 1. The zero-order chi connectivity index (χ0) is 30.2. The number of methoxy groups -OCH3 is 1. The summed E-state index contributed by atoms with van der Waals surface area (Å²) >= 11 is 0. The van der Waals surface area contributed by atoms with E-state index in [0.29, 0.717) is 35.4 Å². The number of fused-ring (bicyclic) bond motifs is 1. The number of morpholine rings is 1. The van der Waals surface area contributed by atoms with Crippen LogP contribution in [0.25, 0.3) is 0 Å². The number of alkyl halides is 3. The molecule has 0 saturated carbocycles. The molecule has 1 aromatic heterocycles. The number of anilines is 2. The highest BCUT2D eigenvalue weighted by Crippen LogP contribution is 2.44. The zero-order valence-electron chi connectivity index (χ0n) is 23.4. The molecular weight excluding hydrogens is 553 g/mol. The van der Waals surface area contributed by atoms with Crippen LogP contribution in [-0.4, -0.2) is 65.2 Å². The maximum Gasteiger partial charge on any atom is 0.416 e. The molecule has 3 heterocycles. The number of rotatable bonds is 6. The first-order valence-electron chi connectivity index (χ1n) is 13.4. The van der Waals surface area contributed by atoms with Gasteiger partial charge in [0.1, 0.15) is 25.7 Å². The molecule has 220 valence electrons. The number of nitrogens with zero attached hydrogens (tertiary/aromatic N) is 5. The molecule has 2 aliphatic rings. The lowest BCUT2D eigenvalue weighted by molar-refractivity contribution is -0.946. The molecule has 0 amide bonds. The summed E-state index contributed by atoms with van der Waals surface area (Å²) in [5, 5.41) is 16.3. The second kappa shape index (κ2) is 11.1. The van der Waals surface area contributed by atoms with Gasteiger partial charge in [0.15, 0.2) is 0 Å². The lowest BCUT2D eigenvalue weighted by Gasteiger charge is -2.42. The standard InChI is InChI=1S/C29H29F3N6O4/c1-4-38(10-12-42-13-11-38)17-20-14-19(16-33)8-9-23(20)25-24(26(39)41-3)18(2)36(27-34-35-28(40)37(25)27)22-7-5-6-21(15-22)29(30,31)32/h5-9,14-15,25H,4,10-13,17H2,1-3H3/p+1/t25-/m1/s1. The Bertz CT molecular complexity index is 1650. The van der Waals surface area contributed by atoms with Crippen LogP contribution in [0.2, 0.25) is 0 Å². The molecular formula is C29H30F3N6O4+. The maximum absolute atomic E-state index is 13.6. The van der Waals surface area contributed by atoms with Crippen molar-refractivity contribution in [2.24, 2.45) is 0 Å². The minimum atomic E-state index is -4.61. The topological polar surface area (TPSA) is 113 Å². The van der Waals surface area contributed by atoms with Crippen molar-refractivity contribution in [2.45, 2.75) is 32.6 Å². The third kappa shape index (κ3) is 5.08. The fraction of sp³-hybridized carbons (Fsp3) is 0.379. The Balaban J connectivity index is 1.75. The van der Waals surface area contributed by atoms with E-state index in [1.54, 1.807) is 25.1 Å². The third-order valence-electron chi connectivity index (χ3n) is 8.14. The summed E-state index contributed by atoms with van der Waals surface area (Å²) in [5.74, 6) is -0.746. The van der Waals surface area contributed by atoms with Gasteiger partial charge in [-0.25, -0.2) is 19.3 Å². The van der Waals surface area contributed by atoms with Gasteiger partial charge >= 0.3 is 17.8 Å². The smallest absolute Gasteiger partial charge is 0.416 e. The van der Waals surface area contributed by atoms with Gasteiger partial charge in [-0.1, -0.05) is 12.1 Å². The Kier molecular flexibility index (Phi) is 7.70. The molecule has 2 aromatic carbocycles. The number of nitrogens with one attached hydrogen (secondary N) is 1. The first kappa shape index (κ1) is 29.1. The Labute approximate surface area is 239 Å². The molecule has 10 nitrogen and oxygen atoms in total. The molecule has 0 aliphatic carbocycles. The Hall–Kier alpha value is -4.41. The Morgan fingerprint density at radius 2 is 1.98 bits per heavy atom. The van der Waals surface area contributed by atoms with E-state index in [-0.39, 0.29) is 22.9 Å². The number of hydrogen-bond donors (Lipinski definition) is 1. The van der Waals surface area contributed by atoms with E-state index in [9.17, 15) is 28.0 Å². The number of benzene rings is 2. The average Bonchev–Trinajstić information content (AvgIpc) is 3.36. The summed E-state index contributed by atoms with van der Waals surface area (Å²) in [4.78, 5) is 28.1. The highest BCUT2D eigenvalue weighted by Gasteiger charge is 2.42. The molecule has 0 unspecified atom stereocenters. The second-order valence-corrected chi connectivity index (χ2v) is 10.4. The number of esters is 1. The van der Waals surface area contributed by atoms with Crippen LogP contribution in [0.3, 0.4) is 0 Å². The number of quaternary nitrogens is 1. The quantitative estimate of drug-likeness (QED) is 0.345. The van der Waals surface area contributed by atoms with E-state index in [1.807, 2.05) is 0 Å². The number of nitriles is 1. The highest BCUT2D eigenvalue weighted by atomic mass is 19.4. The molecule has 5 rings (SSSR count). The molecule has 1 atom stereocenters. The van der Waals surface area contributed by atoms with Crippen molar-refractivity contribution in [2.75, 3.05) is 44.9 Å². The molecule has 1 fully saturated rings. The van der Waals surface area contributed by atoms with Crippen LogP contribution in [0.15, 0.2) is 58.5 Å². The van der Waals surface area contributed by atoms with Gasteiger partial charge in [-0.15, -0.1) is 5.10 Å². The fourth-order valence-corrected chi connectivity index (χ4v) is 5.84. The molecule has 2 aliphatic heterocycles. The van der Waals surface area contributed by atoms with Gasteiger partial charge in [0.05, 0.1) is 49.6 Å². The maximum atomic E-state index is 13.6. The molecule has 0 bridgehead atoms. The number of aromatic amines is 1. The molecule has 3 aromatic rings. The van der Waals surface area contributed by atoms with Gasteiger partial charge in [-0.2, -0.15) is 18.4 Å². The summed E-state index contributed by atoms with van der Waals surface area (Å²) in [6, 6.07) is 10.8. The van der Waals surface area contributed by atoms with Crippen molar-refractivity contribution in [1.29, 1.82) is 5.26 Å². The summed E-state index contributed by atoms with van der Waals surface area (Å²) in [6.07, 6.45) is -4.61. The van der Waals surface area contributed by atoms with E-state index in [1.165, 1.54) is 28.7 Å². The summed E-state index contributed by atoms with van der Waals surface area (Å²) in [6.45, 7) is 7.61. The normalized spacial score (nSPS) is 18.4. The Morgan fingerprint density at radius 3 is 2.62 bits per heavy atom. The monoisotopic (exact) mass is 583 g/mol. The summed E-state index contributed by atoms with van der Waals surface area (Å²) in [5.41, 5.74) is 0.558. The molecule has 1 N–H and O–H groups in total. The van der Waals surface area contributed by atoms with E-state index in [0.717, 1.165) is 37.3 Å². The minimum absolute atomic E-state index is 0.00977. The lowest BCUT2D eigenvalue weighted by Crippen LogP contribution is -2.54. The average molecular weight is 584 g/mol. The van der Waals surface area contributed by atoms with Crippen LogP contribution in [0, 0.1) is 11.3 Å². The summed E-state index contributed by atoms with van der Waals surface area (Å²) < 4.78 is 53.5. The van der Waals surface area contributed by atoms with Crippen molar-refractivity contribution >= 4 is 17.6 Å². The lowest BCUT2D eigenvalue weighted by atomic mass is 9.89. The van der Waals surface area contributed by atoms with Crippen LogP contribution in [0.4, 0.5) is 24.8 Å². The summed E-state index contributed by atoms with van der Waals surface area (Å²) in [7, 11) is 1.20. The third-order valence-corrected chi connectivity index (χ3v) is 8.14. The molecule has 13 heteroatoms. The number of hydrogen-bond acceptors (Lipinski definition) is 7. The van der Waals surface area contributed by atoms with E-state index in [2.05, 4.69) is 23.2 Å². The van der Waals surface area contributed by atoms with Gasteiger partial charge in [0.2, 0.25) is 5.95 Å². The van der Waals surface area contributed by atoms with E-state index in [4.69, 9.17) is 9.47 Å². The van der Waals surface area contributed by atoms with Crippen molar-refractivity contribution in [3.05, 3.63) is 86.5 Å². The van der Waals surface area contributed by atoms with Gasteiger partial charge in [0.25, 0.3) is 0 Å². The van der Waals surface area contributed by atoms with Crippen LogP contribution in [0.1, 0.15) is 42.1 Å². The first-order chi connectivity index (χ1) is 20.0. The van der Waals surface area contributed by atoms with Gasteiger partial charge in [0, 0.05) is 16.9 Å². The van der Waals surface area contributed by atoms with Crippen molar-refractivity contribution in [3.63, 3.8) is 0 Å². The first-order valence-corrected chi connectivity index (χ1v) is 13.4. The number of aromatic nitrogens is 3. The SMILES string of the molecule is CC[N+]1(Cc2cc(C#N)ccc2[C@@H]2C(C(=O)OC)=C(C)N(c3cccc(C(F)(F)F)c3)c3n[nH]c(=O)n32)CCOCC1. The number of halogens is 3. The zero-order valence-corrected chi connectivity index (χ0v) is 23.4. The van der Waals surface area contributed by atoms with Crippen LogP contribution >= 0.6 is 0 Å². The number of likely N-dealkylation sites (N-methyl/N-ethyl adjacent to an activating group) is 1. The predicted octanol–water partition coefficient (Wildman–Crippen LogP) is 4.02. The highest BCUT2D eigenvalue weighted by molar-refractivity contribution is 5.93. The van der Waals surface area contributed by atoms with E-state index < -0.39 is 29.4 Å². The number of carbonyl (C=O) groups is 1. The van der Waals surface area contributed by atoms with Gasteiger partial charge in [-0.05, 0) is 49.7 Å². The largest absolute Gasteiger partial charge is 0.466 e. The number of carbonyl (C=O) groups excluding carboxylic acids is 1. The van der Waals surface area contributed by atoms with Crippen molar-refractivity contribution in [3.8, 4) is 6.07 Å². The van der Waals surface area contributed by atoms with Crippen LogP contribution in [0.5, 0.6) is 0 Å². The Morgan fingerprint density at radius 1 is 1.24 bits per heavy atom. The van der Waals surface area contributed by atoms with E-state index >= 15 is 0 Å². The van der Waals surface area contributed by atoms with Gasteiger partial charge in [-0.3, -0.25) is 4.90 Å². The number of ether oxygens (including phenoxy) is 2. The second-order valence-electron chi connectivity index (χ2n) is 10.4. The molecule has 0 spiro atoms. The van der Waals surface area contributed by atoms with Gasteiger partial charge < -0.3 is 14.0 Å². The minimum Gasteiger partial charge on any atom is -0.466 e. The van der Waals surface area contributed by atoms with Crippen molar-refractivity contribution in [1.82, 2.24) is 14.8 Å². The molecule has 1 saturated heterocycles. The molecule has 42 heavy (non-hydrogen) atoms. The molecule has 0 radical (unpaired) electrons. The van der Waals surface area contributed by atoms with Crippen LogP contribution < -0.4 is 10.6 Å². The van der Waals surface area contributed by atoms with Crippen LogP contribution in [-0.2, 0) is 27.0 Å². The fourth-order valence-electron chi connectivity index (χ4n) is 5.84. The predicted molar refractivity (Wildman–Crippen MR) is 146 cm³/mol.